The third-order valence-electron chi connectivity index (χ3n) is 3.06. The highest BCUT2D eigenvalue weighted by Crippen LogP contribution is 2.29. The smallest absolute Gasteiger partial charge is 0.340 e. The van der Waals surface area contributed by atoms with Crippen LogP contribution in [0.2, 0.25) is 0 Å². The summed E-state index contributed by atoms with van der Waals surface area (Å²) < 4.78 is 10.5. The normalized spacial score (nSPS) is 10.2. The fraction of sp³-hybridized carbons (Fsp3) is 0.188. The minimum absolute atomic E-state index is 0.313. The van der Waals surface area contributed by atoms with Crippen molar-refractivity contribution in [3.05, 3.63) is 47.5 Å². The summed E-state index contributed by atoms with van der Waals surface area (Å²) in [5.41, 5.74) is 7.39. The average molecular weight is 303 g/mol. The van der Waals surface area contributed by atoms with Crippen LogP contribution in [0.3, 0.4) is 0 Å². The number of anilines is 1. The van der Waals surface area contributed by atoms with Gasteiger partial charge in [0.25, 0.3) is 0 Å². The number of esters is 1. The Kier molecular flexibility index (Phi) is 4.75. The zero-order valence-corrected chi connectivity index (χ0v) is 13.0. The molecule has 0 spiro atoms. The Morgan fingerprint density at radius 3 is 2.38 bits per heavy atom. The summed E-state index contributed by atoms with van der Waals surface area (Å²) in [4.78, 5) is 12.9. The molecule has 2 aromatic carbocycles. The molecule has 2 rings (SSSR count). The number of nitrogen functional groups attached to an aromatic ring is 1. The van der Waals surface area contributed by atoms with Gasteiger partial charge >= 0.3 is 5.97 Å². The van der Waals surface area contributed by atoms with Gasteiger partial charge in [-0.1, -0.05) is 0 Å². The number of aryl methyl sites for hydroxylation is 1. The quantitative estimate of drug-likeness (QED) is 0.527. The van der Waals surface area contributed by atoms with E-state index in [1.807, 2.05) is 37.4 Å². The third kappa shape index (κ3) is 3.49. The number of hydrogen-bond acceptors (Lipinski definition) is 5. The maximum atomic E-state index is 11.7. The first-order valence-electron chi connectivity index (χ1n) is 6.35. The minimum atomic E-state index is -0.473. The second-order valence-electron chi connectivity index (χ2n) is 4.47. The van der Waals surface area contributed by atoms with Gasteiger partial charge in [0.15, 0.2) is 0 Å². The van der Waals surface area contributed by atoms with Gasteiger partial charge in [0.1, 0.15) is 11.5 Å². The molecule has 0 aliphatic heterocycles. The summed E-state index contributed by atoms with van der Waals surface area (Å²) in [6.07, 6.45) is 2.02. The van der Waals surface area contributed by atoms with E-state index in [0.717, 1.165) is 10.5 Å². The minimum Gasteiger partial charge on any atom is -0.465 e. The Balaban J connectivity index is 2.31. The van der Waals surface area contributed by atoms with E-state index < -0.39 is 5.97 Å². The summed E-state index contributed by atoms with van der Waals surface area (Å²) in [6, 6.07) is 11.1. The highest BCUT2D eigenvalue weighted by atomic mass is 32.2. The van der Waals surface area contributed by atoms with E-state index in [-0.39, 0.29) is 0 Å². The number of thioether (sulfide) groups is 1. The summed E-state index contributed by atoms with van der Waals surface area (Å²) in [5, 5.41) is 0. The van der Waals surface area contributed by atoms with Crippen molar-refractivity contribution in [2.75, 3.05) is 19.1 Å². The standard InChI is InChI=1S/C16H17NO3S/c1-10-8-12(9-14(15(10)17)16(18)19-2)20-11-4-6-13(21-3)7-5-11/h4-9H,17H2,1-3H3. The maximum Gasteiger partial charge on any atom is 0.340 e. The number of ether oxygens (including phenoxy) is 2. The van der Waals surface area contributed by atoms with E-state index in [1.165, 1.54) is 7.11 Å². The van der Waals surface area contributed by atoms with Crippen LogP contribution < -0.4 is 10.5 Å². The summed E-state index contributed by atoms with van der Waals surface area (Å²) in [5.74, 6) is 0.783. The van der Waals surface area contributed by atoms with Gasteiger partial charge in [-0.25, -0.2) is 4.79 Å². The average Bonchev–Trinajstić information content (AvgIpc) is 2.50. The van der Waals surface area contributed by atoms with E-state index in [2.05, 4.69) is 0 Å². The van der Waals surface area contributed by atoms with Gasteiger partial charge in [-0.3, -0.25) is 0 Å². The molecule has 0 saturated carbocycles. The molecule has 0 saturated heterocycles. The lowest BCUT2D eigenvalue weighted by atomic mass is 10.1. The van der Waals surface area contributed by atoms with E-state index >= 15 is 0 Å². The Bertz CT molecular complexity index is 653. The molecule has 0 fully saturated rings. The number of methoxy groups -OCH3 is 1. The number of carbonyl (C=O) groups excluding carboxylic acids is 1. The topological polar surface area (TPSA) is 61.5 Å². The first kappa shape index (κ1) is 15.3. The fourth-order valence-electron chi connectivity index (χ4n) is 1.88. The highest BCUT2D eigenvalue weighted by molar-refractivity contribution is 7.98. The van der Waals surface area contributed by atoms with Crippen LogP contribution in [0.1, 0.15) is 15.9 Å². The summed E-state index contributed by atoms with van der Waals surface area (Å²) >= 11 is 1.66. The van der Waals surface area contributed by atoms with Crippen molar-refractivity contribution >= 4 is 23.4 Å². The van der Waals surface area contributed by atoms with Crippen molar-refractivity contribution < 1.29 is 14.3 Å². The Labute approximate surface area is 128 Å². The molecular formula is C16H17NO3S. The van der Waals surface area contributed by atoms with Gasteiger partial charge < -0.3 is 15.2 Å². The molecule has 0 radical (unpaired) electrons. The summed E-state index contributed by atoms with van der Waals surface area (Å²) in [6.45, 7) is 1.82. The van der Waals surface area contributed by atoms with Crippen LogP contribution in [0.5, 0.6) is 11.5 Å². The molecular weight excluding hydrogens is 286 g/mol. The molecule has 110 valence electrons. The number of benzene rings is 2. The van der Waals surface area contributed by atoms with Crippen molar-refractivity contribution in [3.8, 4) is 11.5 Å². The number of carbonyl (C=O) groups is 1. The van der Waals surface area contributed by atoms with Gasteiger partial charge in [0.2, 0.25) is 0 Å². The molecule has 2 aromatic rings. The number of hydrogen-bond donors (Lipinski definition) is 1. The van der Waals surface area contributed by atoms with Crippen LogP contribution in [0.25, 0.3) is 0 Å². The molecule has 0 unspecified atom stereocenters. The van der Waals surface area contributed by atoms with E-state index in [0.29, 0.717) is 22.7 Å². The molecule has 5 heteroatoms. The van der Waals surface area contributed by atoms with Crippen LogP contribution >= 0.6 is 11.8 Å². The predicted octanol–water partition coefficient (Wildman–Crippen LogP) is 3.88. The number of nitrogens with two attached hydrogens (primary N) is 1. The summed E-state index contributed by atoms with van der Waals surface area (Å²) in [7, 11) is 1.33. The lowest BCUT2D eigenvalue weighted by Gasteiger charge is -2.11. The zero-order chi connectivity index (χ0) is 15.4. The molecule has 21 heavy (non-hydrogen) atoms. The SMILES string of the molecule is COC(=O)c1cc(Oc2ccc(SC)cc2)cc(C)c1N. The van der Waals surface area contributed by atoms with Crippen LogP contribution in [-0.4, -0.2) is 19.3 Å². The molecule has 0 aliphatic carbocycles. The monoisotopic (exact) mass is 303 g/mol. The zero-order valence-electron chi connectivity index (χ0n) is 12.2. The van der Waals surface area contributed by atoms with E-state index in [1.54, 1.807) is 23.9 Å². The lowest BCUT2D eigenvalue weighted by Crippen LogP contribution is -2.07. The van der Waals surface area contributed by atoms with Crippen LogP contribution in [-0.2, 0) is 4.74 Å². The molecule has 2 N–H and O–H groups in total. The van der Waals surface area contributed by atoms with Gasteiger partial charge in [-0.05, 0) is 55.1 Å². The second-order valence-corrected chi connectivity index (χ2v) is 5.35. The van der Waals surface area contributed by atoms with E-state index in [4.69, 9.17) is 15.2 Å². The van der Waals surface area contributed by atoms with Crippen molar-refractivity contribution in [2.24, 2.45) is 0 Å². The van der Waals surface area contributed by atoms with Crippen LogP contribution in [0.4, 0.5) is 5.69 Å². The van der Waals surface area contributed by atoms with Crippen molar-refractivity contribution in [1.29, 1.82) is 0 Å². The molecule has 0 bridgehead atoms. The van der Waals surface area contributed by atoms with Crippen molar-refractivity contribution in [2.45, 2.75) is 11.8 Å². The first-order chi connectivity index (χ1) is 10.0. The van der Waals surface area contributed by atoms with Gasteiger partial charge in [-0.2, -0.15) is 0 Å². The first-order valence-corrected chi connectivity index (χ1v) is 7.58. The molecule has 0 atom stereocenters. The lowest BCUT2D eigenvalue weighted by molar-refractivity contribution is 0.0601. The van der Waals surface area contributed by atoms with Gasteiger partial charge in [0.05, 0.1) is 12.7 Å². The maximum absolute atomic E-state index is 11.7. The van der Waals surface area contributed by atoms with E-state index in [9.17, 15) is 4.79 Å². The Hall–Kier alpha value is -2.14. The fourth-order valence-corrected chi connectivity index (χ4v) is 2.29. The van der Waals surface area contributed by atoms with Gasteiger partial charge in [0, 0.05) is 10.6 Å². The van der Waals surface area contributed by atoms with Crippen molar-refractivity contribution in [3.63, 3.8) is 0 Å². The Morgan fingerprint density at radius 2 is 1.81 bits per heavy atom. The van der Waals surface area contributed by atoms with Crippen LogP contribution in [0, 0.1) is 6.92 Å². The third-order valence-corrected chi connectivity index (χ3v) is 3.80. The largest absolute Gasteiger partial charge is 0.465 e. The predicted molar refractivity (Wildman–Crippen MR) is 85.2 cm³/mol. The second kappa shape index (κ2) is 6.54. The highest BCUT2D eigenvalue weighted by Gasteiger charge is 2.14. The Morgan fingerprint density at radius 1 is 1.14 bits per heavy atom. The van der Waals surface area contributed by atoms with Crippen LogP contribution in [0.15, 0.2) is 41.3 Å². The molecule has 0 aliphatic rings. The molecule has 0 aromatic heterocycles. The molecule has 4 nitrogen and oxygen atoms in total. The van der Waals surface area contributed by atoms with Gasteiger partial charge in [-0.15, -0.1) is 11.8 Å². The van der Waals surface area contributed by atoms with Crippen molar-refractivity contribution in [1.82, 2.24) is 0 Å². The number of rotatable bonds is 4. The molecule has 0 heterocycles. The molecule has 0 amide bonds.